The fourth-order valence-corrected chi connectivity index (χ4v) is 5.51. The second kappa shape index (κ2) is 6.50. The summed E-state index contributed by atoms with van der Waals surface area (Å²) in [4.78, 5) is 23.2. The first-order valence-corrected chi connectivity index (χ1v) is 9.31. The number of fused-ring (bicyclic) bond motifs is 1. The summed E-state index contributed by atoms with van der Waals surface area (Å²) >= 11 is 0. The zero-order valence-electron chi connectivity index (χ0n) is 15.6. The van der Waals surface area contributed by atoms with Gasteiger partial charge in [-0.25, -0.2) is 9.59 Å². The highest BCUT2D eigenvalue weighted by Crippen LogP contribution is 2.62. The molecule has 6 nitrogen and oxygen atoms in total. The first-order valence-electron chi connectivity index (χ1n) is 9.31. The van der Waals surface area contributed by atoms with Crippen LogP contribution in [0.15, 0.2) is 23.3 Å². The van der Waals surface area contributed by atoms with Crippen LogP contribution in [0.25, 0.3) is 0 Å². The quantitative estimate of drug-likeness (QED) is 0.662. The van der Waals surface area contributed by atoms with Gasteiger partial charge in [0.15, 0.2) is 0 Å². The van der Waals surface area contributed by atoms with Crippen molar-refractivity contribution in [1.82, 2.24) is 0 Å². The number of aliphatic hydroxyl groups is 2. The largest absolute Gasteiger partial charge is 0.478 e. The summed E-state index contributed by atoms with van der Waals surface area (Å²) in [7, 11) is 0. The van der Waals surface area contributed by atoms with Crippen LogP contribution in [-0.2, 0) is 14.3 Å². The minimum atomic E-state index is -1.18. The van der Waals surface area contributed by atoms with Gasteiger partial charge in [-0.2, -0.15) is 0 Å². The Balaban J connectivity index is 1.91. The van der Waals surface area contributed by atoms with E-state index in [0.717, 1.165) is 6.42 Å². The third-order valence-electron chi connectivity index (χ3n) is 7.33. The predicted octanol–water partition coefficient (Wildman–Crippen LogP) is 2.40. The van der Waals surface area contributed by atoms with Crippen LogP contribution < -0.4 is 0 Å². The highest BCUT2D eigenvalue weighted by atomic mass is 16.6. The third-order valence-corrected chi connectivity index (χ3v) is 7.33. The van der Waals surface area contributed by atoms with Crippen molar-refractivity contribution >= 4 is 11.9 Å². The second-order valence-electron chi connectivity index (χ2n) is 8.50. The molecule has 0 aromatic rings. The van der Waals surface area contributed by atoms with E-state index < -0.39 is 29.7 Å². The van der Waals surface area contributed by atoms with E-state index in [-0.39, 0.29) is 17.3 Å². The number of carboxylic acid groups (broad SMARTS) is 1. The fourth-order valence-electron chi connectivity index (χ4n) is 5.51. The number of carboxylic acids is 1. The molecule has 26 heavy (non-hydrogen) atoms. The van der Waals surface area contributed by atoms with Crippen molar-refractivity contribution in [3.8, 4) is 0 Å². The molecule has 0 radical (unpaired) electrons. The Kier molecular flexibility index (Phi) is 4.78. The van der Waals surface area contributed by atoms with Gasteiger partial charge in [-0.1, -0.05) is 26.8 Å². The van der Waals surface area contributed by atoms with Crippen molar-refractivity contribution < 1.29 is 29.6 Å². The molecule has 0 bridgehead atoms. The van der Waals surface area contributed by atoms with E-state index in [2.05, 4.69) is 13.8 Å². The molecule has 144 valence electrons. The van der Waals surface area contributed by atoms with Gasteiger partial charge in [-0.15, -0.1) is 0 Å². The zero-order valence-corrected chi connectivity index (χ0v) is 15.6. The van der Waals surface area contributed by atoms with Crippen LogP contribution in [0.3, 0.4) is 0 Å². The van der Waals surface area contributed by atoms with Crippen molar-refractivity contribution in [1.29, 1.82) is 0 Å². The topological polar surface area (TPSA) is 104 Å². The van der Waals surface area contributed by atoms with Crippen LogP contribution in [0, 0.1) is 22.7 Å². The molecule has 0 amide bonds. The van der Waals surface area contributed by atoms with Gasteiger partial charge >= 0.3 is 11.9 Å². The average molecular weight is 364 g/mol. The standard InChI is InChI=1S/C20H28O6/c1-11-9-15(21)20(3)13(17(23)24)5-4-6-14(20)19(11,2)8-7-12-10-16(22)26-18(12)25/h5,10-11,14-15,18,21,25H,4,6-9H2,1-3H3,(H,23,24)/t11-,14+,15+,18+,19+,20-/m1/s1. The molecule has 3 aliphatic rings. The number of ether oxygens (including phenoxy) is 1. The maximum atomic E-state index is 11.8. The summed E-state index contributed by atoms with van der Waals surface area (Å²) in [6, 6.07) is 0. The van der Waals surface area contributed by atoms with Gasteiger partial charge in [0.25, 0.3) is 0 Å². The summed E-state index contributed by atoms with van der Waals surface area (Å²) in [5.74, 6) is -1.27. The van der Waals surface area contributed by atoms with Crippen LogP contribution in [0.4, 0.5) is 0 Å². The van der Waals surface area contributed by atoms with Crippen molar-refractivity contribution in [2.75, 3.05) is 0 Å². The van der Waals surface area contributed by atoms with Crippen molar-refractivity contribution in [3.05, 3.63) is 23.3 Å². The molecule has 0 unspecified atom stereocenters. The number of hydrogen-bond acceptors (Lipinski definition) is 5. The molecule has 6 atom stereocenters. The molecular weight excluding hydrogens is 336 g/mol. The highest BCUT2D eigenvalue weighted by Gasteiger charge is 2.59. The maximum Gasteiger partial charge on any atom is 0.333 e. The Morgan fingerprint density at radius 2 is 2.04 bits per heavy atom. The number of aliphatic carboxylic acids is 1. The van der Waals surface area contributed by atoms with Crippen LogP contribution in [-0.4, -0.2) is 39.7 Å². The number of carbonyl (C=O) groups excluding carboxylic acids is 1. The van der Waals surface area contributed by atoms with Gasteiger partial charge in [-0.3, -0.25) is 0 Å². The fraction of sp³-hybridized carbons (Fsp3) is 0.700. The van der Waals surface area contributed by atoms with Crippen LogP contribution in [0.2, 0.25) is 0 Å². The number of aliphatic hydroxyl groups excluding tert-OH is 2. The Morgan fingerprint density at radius 3 is 2.62 bits per heavy atom. The zero-order chi connectivity index (χ0) is 19.3. The Morgan fingerprint density at radius 1 is 1.35 bits per heavy atom. The van der Waals surface area contributed by atoms with E-state index >= 15 is 0 Å². The lowest BCUT2D eigenvalue weighted by Gasteiger charge is -2.59. The van der Waals surface area contributed by atoms with E-state index in [0.29, 0.717) is 36.8 Å². The lowest BCUT2D eigenvalue weighted by molar-refractivity contribution is -0.151. The first-order chi connectivity index (χ1) is 12.1. The molecule has 0 spiro atoms. The molecule has 0 saturated heterocycles. The molecule has 3 N–H and O–H groups in total. The molecular formula is C20H28O6. The number of carbonyl (C=O) groups is 2. The van der Waals surface area contributed by atoms with Crippen molar-refractivity contribution in [3.63, 3.8) is 0 Å². The molecule has 1 saturated carbocycles. The van der Waals surface area contributed by atoms with Gasteiger partial charge in [0.2, 0.25) is 6.29 Å². The maximum absolute atomic E-state index is 11.8. The summed E-state index contributed by atoms with van der Waals surface area (Å²) in [6.07, 6.45) is 4.49. The van der Waals surface area contributed by atoms with E-state index in [1.54, 1.807) is 6.08 Å². The van der Waals surface area contributed by atoms with Gasteiger partial charge in [0.05, 0.1) is 6.10 Å². The molecule has 6 heteroatoms. The van der Waals surface area contributed by atoms with Gasteiger partial charge in [0.1, 0.15) is 0 Å². The number of esters is 1. The van der Waals surface area contributed by atoms with Crippen LogP contribution >= 0.6 is 0 Å². The predicted molar refractivity (Wildman–Crippen MR) is 93.9 cm³/mol. The SMILES string of the molecule is C[C@@H]1C[C@H](O)[C@]2(C)C(C(=O)O)=CCC[C@H]2[C@@]1(C)CCC1=CC(=O)O[C@@H]1O. The number of cyclic esters (lactones) is 1. The lowest BCUT2D eigenvalue weighted by Crippen LogP contribution is -2.57. The summed E-state index contributed by atoms with van der Waals surface area (Å²) in [5, 5.41) is 30.3. The normalized spacial score (nSPS) is 42.6. The van der Waals surface area contributed by atoms with Crippen LogP contribution in [0.1, 0.15) is 52.9 Å². The average Bonchev–Trinajstić information content (AvgIpc) is 2.88. The van der Waals surface area contributed by atoms with Gasteiger partial charge in [-0.05, 0) is 49.4 Å². The molecule has 2 aliphatic carbocycles. The summed E-state index contributed by atoms with van der Waals surface area (Å²) in [5.41, 5.74) is -0.116. The van der Waals surface area contributed by atoms with E-state index in [1.807, 2.05) is 6.92 Å². The molecule has 0 aromatic carbocycles. The number of hydrogen-bond donors (Lipinski definition) is 3. The van der Waals surface area contributed by atoms with E-state index in [4.69, 9.17) is 4.74 Å². The molecule has 3 rings (SSSR count). The summed E-state index contributed by atoms with van der Waals surface area (Å²) in [6.45, 7) is 6.13. The monoisotopic (exact) mass is 364 g/mol. The van der Waals surface area contributed by atoms with Gasteiger partial charge < -0.3 is 20.1 Å². The Bertz CT molecular complexity index is 680. The number of allylic oxidation sites excluding steroid dienone is 1. The molecule has 1 heterocycles. The first kappa shape index (κ1) is 19.1. The molecule has 1 aliphatic heterocycles. The van der Waals surface area contributed by atoms with Gasteiger partial charge in [0, 0.05) is 22.6 Å². The summed E-state index contributed by atoms with van der Waals surface area (Å²) < 4.78 is 4.76. The van der Waals surface area contributed by atoms with Crippen molar-refractivity contribution in [2.45, 2.75) is 65.3 Å². The molecule has 1 fully saturated rings. The second-order valence-corrected chi connectivity index (χ2v) is 8.50. The Labute approximate surface area is 153 Å². The minimum absolute atomic E-state index is 0.0145. The number of rotatable bonds is 4. The smallest absolute Gasteiger partial charge is 0.333 e. The van der Waals surface area contributed by atoms with E-state index in [1.165, 1.54) is 6.08 Å². The lowest BCUT2D eigenvalue weighted by atomic mass is 9.45. The van der Waals surface area contributed by atoms with Crippen LogP contribution in [0.5, 0.6) is 0 Å². The van der Waals surface area contributed by atoms with E-state index in [9.17, 15) is 24.9 Å². The molecule has 0 aromatic heterocycles. The highest BCUT2D eigenvalue weighted by molar-refractivity contribution is 5.88. The minimum Gasteiger partial charge on any atom is -0.478 e. The Hall–Kier alpha value is -1.66. The third kappa shape index (κ3) is 2.79. The van der Waals surface area contributed by atoms with Crippen molar-refractivity contribution in [2.24, 2.45) is 22.7 Å².